The summed E-state index contributed by atoms with van der Waals surface area (Å²) in [6, 6.07) is 9.82. The lowest BCUT2D eigenvalue weighted by atomic mass is 10.2. The average molecular weight is 287 g/mol. The summed E-state index contributed by atoms with van der Waals surface area (Å²) in [5, 5.41) is 3.42. The third-order valence-corrected chi connectivity index (χ3v) is 3.35. The second-order valence-corrected chi connectivity index (χ2v) is 4.75. The van der Waals surface area contributed by atoms with Crippen LogP contribution in [0.15, 0.2) is 47.6 Å². The summed E-state index contributed by atoms with van der Waals surface area (Å²) in [6.07, 6.45) is 3.50. The Bertz CT molecular complexity index is 641. The van der Waals surface area contributed by atoms with Gasteiger partial charge in [-0.25, -0.2) is 4.98 Å². The minimum atomic E-state index is -0.500. The molecule has 0 aliphatic rings. The lowest BCUT2D eigenvalue weighted by molar-refractivity contribution is 0.0998. The number of carbonyl (C=O) groups is 2. The SMILES string of the molecule is CSc1ncccc1C(=O)Nc1ccc(C(N)=O)cc1. The highest BCUT2D eigenvalue weighted by atomic mass is 32.2. The molecule has 1 aromatic heterocycles. The molecule has 1 heterocycles. The number of aromatic nitrogens is 1. The van der Waals surface area contributed by atoms with E-state index in [0.29, 0.717) is 21.8 Å². The number of hydrogen-bond donors (Lipinski definition) is 2. The Balaban J connectivity index is 2.17. The van der Waals surface area contributed by atoms with Gasteiger partial charge in [-0.15, -0.1) is 11.8 Å². The fraction of sp³-hybridized carbons (Fsp3) is 0.0714. The number of pyridine rings is 1. The van der Waals surface area contributed by atoms with Crippen LogP contribution in [0.2, 0.25) is 0 Å². The number of nitrogens with one attached hydrogen (secondary N) is 1. The van der Waals surface area contributed by atoms with E-state index >= 15 is 0 Å². The fourth-order valence-electron chi connectivity index (χ4n) is 1.64. The molecule has 0 fully saturated rings. The van der Waals surface area contributed by atoms with Crippen LogP contribution >= 0.6 is 11.8 Å². The van der Waals surface area contributed by atoms with Crippen molar-refractivity contribution in [2.45, 2.75) is 5.03 Å². The van der Waals surface area contributed by atoms with Crippen LogP contribution in [0.25, 0.3) is 0 Å². The molecule has 0 bridgehead atoms. The van der Waals surface area contributed by atoms with Gasteiger partial charge in [0, 0.05) is 17.4 Å². The number of primary amides is 1. The smallest absolute Gasteiger partial charge is 0.258 e. The number of amides is 2. The predicted molar refractivity (Wildman–Crippen MR) is 78.9 cm³/mol. The Labute approximate surface area is 120 Å². The molecule has 0 spiro atoms. The van der Waals surface area contributed by atoms with Crippen molar-refractivity contribution in [3.8, 4) is 0 Å². The summed E-state index contributed by atoms with van der Waals surface area (Å²) in [6.45, 7) is 0. The van der Waals surface area contributed by atoms with Crippen molar-refractivity contribution in [1.82, 2.24) is 4.98 Å². The maximum atomic E-state index is 12.2. The van der Waals surface area contributed by atoms with Gasteiger partial charge in [-0.2, -0.15) is 0 Å². The fourth-order valence-corrected chi connectivity index (χ4v) is 2.19. The molecule has 20 heavy (non-hydrogen) atoms. The number of rotatable bonds is 4. The predicted octanol–water partition coefficient (Wildman–Crippen LogP) is 2.15. The number of thioether (sulfide) groups is 1. The van der Waals surface area contributed by atoms with E-state index in [9.17, 15) is 9.59 Å². The summed E-state index contributed by atoms with van der Waals surface area (Å²) in [5.74, 6) is -0.742. The van der Waals surface area contributed by atoms with Gasteiger partial charge in [0.15, 0.2) is 0 Å². The van der Waals surface area contributed by atoms with Gasteiger partial charge in [0.25, 0.3) is 5.91 Å². The van der Waals surface area contributed by atoms with Gasteiger partial charge in [0.05, 0.1) is 5.56 Å². The van der Waals surface area contributed by atoms with E-state index in [0.717, 1.165) is 0 Å². The first-order valence-corrected chi connectivity index (χ1v) is 7.04. The Kier molecular flexibility index (Phi) is 4.37. The lowest BCUT2D eigenvalue weighted by Gasteiger charge is -2.08. The van der Waals surface area contributed by atoms with E-state index in [1.165, 1.54) is 11.8 Å². The van der Waals surface area contributed by atoms with E-state index in [4.69, 9.17) is 5.73 Å². The zero-order valence-corrected chi connectivity index (χ0v) is 11.6. The molecule has 102 valence electrons. The Hall–Kier alpha value is -2.34. The van der Waals surface area contributed by atoms with Crippen molar-refractivity contribution in [3.05, 3.63) is 53.7 Å². The molecule has 2 aromatic rings. The summed E-state index contributed by atoms with van der Waals surface area (Å²) < 4.78 is 0. The molecule has 0 saturated carbocycles. The van der Waals surface area contributed by atoms with Crippen LogP contribution < -0.4 is 11.1 Å². The van der Waals surface area contributed by atoms with Crippen molar-refractivity contribution in [2.24, 2.45) is 5.73 Å². The minimum Gasteiger partial charge on any atom is -0.366 e. The van der Waals surface area contributed by atoms with Crippen LogP contribution in [-0.4, -0.2) is 23.1 Å². The van der Waals surface area contributed by atoms with Crippen molar-refractivity contribution in [2.75, 3.05) is 11.6 Å². The van der Waals surface area contributed by atoms with Gasteiger partial charge in [-0.05, 0) is 42.7 Å². The summed E-state index contributed by atoms with van der Waals surface area (Å²) in [5.41, 5.74) is 6.66. The first-order chi connectivity index (χ1) is 9.61. The quantitative estimate of drug-likeness (QED) is 0.844. The molecule has 0 aliphatic carbocycles. The maximum absolute atomic E-state index is 12.2. The van der Waals surface area contributed by atoms with Crippen LogP contribution in [0, 0.1) is 0 Å². The molecule has 2 amide bonds. The molecule has 0 radical (unpaired) electrons. The summed E-state index contributed by atoms with van der Waals surface area (Å²) in [7, 11) is 0. The molecular formula is C14H13N3O2S. The molecule has 1 aromatic carbocycles. The largest absolute Gasteiger partial charge is 0.366 e. The molecule has 0 unspecified atom stereocenters. The monoisotopic (exact) mass is 287 g/mol. The molecule has 6 heteroatoms. The van der Waals surface area contributed by atoms with Crippen LogP contribution in [0.1, 0.15) is 20.7 Å². The van der Waals surface area contributed by atoms with E-state index in [1.54, 1.807) is 42.6 Å². The van der Waals surface area contributed by atoms with Crippen LogP contribution in [-0.2, 0) is 0 Å². The van der Waals surface area contributed by atoms with E-state index in [2.05, 4.69) is 10.3 Å². The number of nitrogens with zero attached hydrogens (tertiary/aromatic N) is 1. The normalized spacial score (nSPS) is 10.1. The van der Waals surface area contributed by atoms with Crippen molar-refractivity contribution < 1.29 is 9.59 Å². The maximum Gasteiger partial charge on any atom is 0.258 e. The molecule has 0 aliphatic heterocycles. The van der Waals surface area contributed by atoms with Gasteiger partial charge in [-0.1, -0.05) is 0 Å². The summed E-state index contributed by atoms with van der Waals surface area (Å²) in [4.78, 5) is 27.3. The van der Waals surface area contributed by atoms with Gasteiger partial charge < -0.3 is 11.1 Å². The molecule has 5 nitrogen and oxygen atoms in total. The third-order valence-electron chi connectivity index (χ3n) is 2.64. The van der Waals surface area contributed by atoms with Gasteiger partial charge in [-0.3, -0.25) is 9.59 Å². The van der Waals surface area contributed by atoms with E-state index in [1.807, 2.05) is 6.26 Å². The molecule has 0 atom stereocenters. The molecular weight excluding hydrogens is 274 g/mol. The Morgan fingerprint density at radius 1 is 1.20 bits per heavy atom. The van der Waals surface area contributed by atoms with E-state index < -0.39 is 5.91 Å². The molecule has 0 saturated heterocycles. The van der Waals surface area contributed by atoms with Gasteiger partial charge in [0.1, 0.15) is 5.03 Å². The van der Waals surface area contributed by atoms with Crippen molar-refractivity contribution >= 4 is 29.3 Å². The van der Waals surface area contributed by atoms with E-state index in [-0.39, 0.29) is 5.91 Å². The van der Waals surface area contributed by atoms with Gasteiger partial charge >= 0.3 is 0 Å². The highest BCUT2D eigenvalue weighted by Crippen LogP contribution is 2.18. The average Bonchev–Trinajstić information content (AvgIpc) is 2.47. The minimum absolute atomic E-state index is 0.241. The highest BCUT2D eigenvalue weighted by molar-refractivity contribution is 7.98. The molecule has 2 rings (SSSR count). The van der Waals surface area contributed by atoms with Gasteiger partial charge in [0.2, 0.25) is 5.91 Å². The van der Waals surface area contributed by atoms with Crippen molar-refractivity contribution in [3.63, 3.8) is 0 Å². The second-order valence-electron chi connectivity index (χ2n) is 3.96. The number of carbonyl (C=O) groups excluding carboxylic acids is 2. The Morgan fingerprint density at radius 2 is 1.90 bits per heavy atom. The first kappa shape index (κ1) is 14.1. The number of anilines is 1. The third kappa shape index (κ3) is 3.16. The lowest BCUT2D eigenvalue weighted by Crippen LogP contribution is -2.14. The number of nitrogens with two attached hydrogens (primary N) is 1. The number of hydrogen-bond acceptors (Lipinski definition) is 4. The first-order valence-electron chi connectivity index (χ1n) is 5.82. The summed E-state index contributed by atoms with van der Waals surface area (Å²) >= 11 is 1.41. The van der Waals surface area contributed by atoms with Crippen LogP contribution in [0.3, 0.4) is 0 Å². The Morgan fingerprint density at radius 3 is 2.50 bits per heavy atom. The zero-order valence-electron chi connectivity index (χ0n) is 10.8. The zero-order chi connectivity index (χ0) is 14.5. The van der Waals surface area contributed by atoms with Crippen LogP contribution in [0.4, 0.5) is 5.69 Å². The number of benzene rings is 1. The molecule has 3 N–H and O–H groups in total. The highest BCUT2D eigenvalue weighted by Gasteiger charge is 2.11. The van der Waals surface area contributed by atoms with Crippen molar-refractivity contribution in [1.29, 1.82) is 0 Å². The van der Waals surface area contributed by atoms with Crippen LogP contribution in [0.5, 0.6) is 0 Å². The second kappa shape index (κ2) is 6.21. The topological polar surface area (TPSA) is 85.1 Å². The standard InChI is InChI=1S/C14H13N3O2S/c1-20-14-11(3-2-8-16-14)13(19)17-10-6-4-9(5-7-10)12(15)18/h2-8H,1H3,(H2,15,18)(H,17,19).